The fourth-order valence-corrected chi connectivity index (χ4v) is 2.91. The van der Waals surface area contributed by atoms with E-state index >= 15 is 0 Å². The number of pyridine rings is 1. The van der Waals surface area contributed by atoms with Gasteiger partial charge in [-0.1, -0.05) is 24.4 Å². The lowest BCUT2D eigenvalue weighted by Gasteiger charge is -2.30. The van der Waals surface area contributed by atoms with Gasteiger partial charge in [0.2, 0.25) is 0 Å². The van der Waals surface area contributed by atoms with Gasteiger partial charge in [-0.2, -0.15) is 0 Å². The Bertz CT molecular complexity index is 394. The van der Waals surface area contributed by atoms with E-state index in [0.29, 0.717) is 24.2 Å². The van der Waals surface area contributed by atoms with Crippen LogP contribution in [0.5, 0.6) is 0 Å². The lowest BCUT2D eigenvalue weighted by Crippen LogP contribution is -2.36. The van der Waals surface area contributed by atoms with Crippen molar-refractivity contribution in [3.8, 4) is 0 Å². The van der Waals surface area contributed by atoms with E-state index in [1.807, 2.05) is 6.07 Å². The van der Waals surface area contributed by atoms with Crippen molar-refractivity contribution in [1.29, 1.82) is 0 Å². The van der Waals surface area contributed by atoms with Gasteiger partial charge in [0.05, 0.1) is 11.6 Å². The summed E-state index contributed by atoms with van der Waals surface area (Å²) in [5.41, 5.74) is 6.57. The molecule has 18 heavy (non-hydrogen) atoms. The largest absolute Gasteiger partial charge is 0.395 e. The van der Waals surface area contributed by atoms with Crippen LogP contribution in [0.4, 0.5) is 5.82 Å². The van der Waals surface area contributed by atoms with Gasteiger partial charge in [0.25, 0.3) is 0 Å². The highest BCUT2D eigenvalue weighted by molar-refractivity contribution is 6.33. The molecule has 0 amide bonds. The van der Waals surface area contributed by atoms with E-state index in [9.17, 15) is 5.11 Å². The molecule has 2 rings (SSSR count). The molecule has 3 N–H and O–H groups in total. The van der Waals surface area contributed by atoms with Crippen LogP contribution >= 0.6 is 11.6 Å². The van der Waals surface area contributed by atoms with E-state index in [1.54, 1.807) is 6.20 Å². The van der Waals surface area contributed by atoms with Gasteiger partial charge in [-0.25, -0.2) is 4.98 Å². The Hall–Kier alpha value is -0.840. The topological polar surface area (TPSA) is 62.4 Å². The van der Waals surface area contributed by atoms with Crippen molar-refractivity contribution in [2.45, 2.75) is 38.3 Å². The number of aliphatic hydroxyl groups excluding tert-OH is 1. The molecule has 1 fully saturated rings. The van der Waals surface area contributed by atoms with Crippen LogP contribution < -0.4 is 10.6 Å². The number of anilines is 1. The molecule has 1 aromatic heterocycles. The molecule has 0 bridgehead atoms. The first kappa shape index (κ1) is 13.6. The van der Waals surface area contributed by atoms with Crippen LogP contribution in [0.3, 0.4) is 0 Å². The standard InChI is InChI=1S/C13H20ClN3O/c14-12-10(9-15)5-6-16-13(12)17(7-8-18)11-3-1-2-4-11/h5-6,11,18H,1-4,7-9,15H2. The Morgan fingerprint density at radius 1 is 1.44 bits per heavy atom. The molecule has 0 radical (unpaired) electrons. The summed E-state index contributed by atoms with van der Waals surface area (Å²) in [6.45, 7) is 1.10. The predicted molar refractivity (Wildman–Crippen MR) is 73.8 cm³/mol. The van der Waals surface area contributed by atoms with Crippen LogP contribution in [0.15, 0.2) is 12.3 Å². The second-order valence-electron chi connectivity index (χ2n) is 4.67. The second-order valence-corrected chi connectivity index (χ2v) is 5.05. The number of aliphatic hydroxyl groups is 1. The Balaban J connectivity index is 2.29. The van der Waals surface area contributed by atoms with E-state index < -0.39 is 0 Å². The second kappa shape index (κ2) is 6.36. The van der Waals surface area contributed by atoms with Crippen molar-refractivity contribution in [2.75, 3.05) is 18.1 Å². The van der Waals surface area contributed by atoms with E-state index in [1.165, 1.54) is 12.8 Å². The quantitative estimate of drug-likeness (QED) is 0.858. The summed E-state index contributed by atoms with van der Waals surface area (Å²) < 4.78 is 0. The van der Waals surface area contributed by atoms with Gasteiger partial charge in [-0.15, -0.1) is 0 Å². The molecule has 5 heteroatoms. The van der Waals surface area contributed by atoms with Gasteiger partial charge in [-0.3, -0.25) is 0 Å². The van der Waals surface area contributed by atoms with Gasteiger partial charge in [-0.05, 0) is 24.5 Å². The molecular formula is C13H20ClN3O. The maximum atomic E-state index is 9.24. The van der Waals surface area contributed by atoms with Crippen LogP contribution in [0.25, 0.3) is 0 Å². The number of aromatic nitrogens is 1. The zero-order valence-corrected chi connectivity index (χ0v) is 11.2. The molecule has 1 aromatic rings. The number of rotatable bonds is 5. The highest BCUT2D eigenvalue weighted by atomic mass is 35.5. The average Bonchev–Trinajstić information content (AvgIpc) is 2.90. The normalized spacial score (nSPS) is 16.2. The molecule has 1 heterocycles. The first-order valence-electron chi connectivity index (χ1n) is 6.49. The SMILES string of the molecule is NCc1ccnc(N(CCO)C2CCCC2)c1Cl. The lowest BCUT2D eigenvalue weighted by molar-refractivity contribution is 0.297. The minimum absolute atomic E-state index is 0.112. The molecule has 0 aliphatic heterocycles. The molecule has 4 nitrogen and oxygen atoms in total. The Morgan fingerprint density at radius 3 is 2.78 bits per heavy atom. The maximum absolute atomic E-state index is 9.24. The Kier molecular flexibility index (Phi) is 4.80. The van der Waals surface area contributed by atoms with Crippen LogP contribution in [0.2, 0.25) is 5.02 Å². The molecular weight excluding hydrogens is 250 g/mol. The summed E-state index contributed by atoms with van der Waals surface area (Å²) in [4.78, 5) is 6.51. The predicted octanol–water partition coefficient (Wildman–Crippen LogP) is 1.93. The van der Waals surface area contributed by atoms with Crippen molar-refractivity contribution in [3.05, 3.63) is 22.8 Å². The van der Waals surface area contributed by atoms with Crippen molar-refractivity contribution in [2.24, 2.45) is 5.73 Å². The average molecular weight is 270 g/mol. The highest BCUT2D eigenvalue weighted by Gasteiger charge is 2.25. The highest BCUT2D eigenvalue weighted by Crippen LogP contribution is 2.32. The van der Waals surface area contributed by atoms with Crippen molar-refractivity contribution in [1.82, 2.24) is 4.98 Å². The van der Waals surface area contributed by atoms with Crippen LogP contribution in [-0.4, -0.2) is 29.3 Å². The zero-order valence-electron chi connectivity index (χ0n) is 10.5. The van der Waals surface area contributed by atoms with E-state index in [-0.39, 0.29) is 6.61 Å². The van der Waals surface area contributed by atoms with Crippen LogP contribution in [0.1, 0.15) is 31.2 Å². The third-order valence-electron chi connectivity index (χ3n) is 3.55. The monoisotopic (exact) mass is 269 g/mol. The van der Waals surface area contributed by atoms with Gasteiger partial charge in [0, 0.05) is 25.3 Å². The first-order valence-corrected chi connectivity index (χ1v) is 6.86. The molecule has 0 spiro atoms. The zero-order chi connectivity index (χ0) is 13.0. The molecule has 1 aliphatic carbocycles. The molecule has 0 aromatic carbocycles. The molecule has 0 atom stereocenters. The van der Waals surface area contributed by atoms with Crippen molar-refractivity contribution < 1.29 is 5.11 Å². The number of nitrogens with two attached hydrogens (primary N) is 1. The summed E-state index contributed by atoms with van der Waals surface area (Å²) in [6.07, 6.45) is 6.50. The smallest absolute Gasteiger partial charge is 0.148 e. The van der Waals surface area contributed by atoms with Crippen molar-refractivity contribution in [3.63, 3.8) is 0 Å². The van der Waals surface area contributed by atoms with Gasteiger partial charge in [0.15, 0.2) is 0 Å². The fraction of sp³-hybridized carbons (Fsp3) is 0.615. The number of nitrogens with zero attached hydrogens (tertiary/aromatic N) is 2. The third-order valence-corrected chi connectivity index (χ3v) is 3.96. The molecule has 1 aliphatic rings. The van der Waals surface area contributed by atoms with E-state index in [2.05, 4.69) is 9.88 Å². The summed E-state index contributed by atoms with van der Waals surface area (Å²) in [5, 5.41) is 9.86. The Labute approximate surface area is 113 Å². The minimum Gasteiger partial charge on any atom is -0.395 e. The van der Waals surface area contributed by atoms with Gasteiger partial charge in [0.1, 0.15) is 5.82 Å². The maximum Gasteiger partial charge on any atom is 0.148 e. The number of hydrogen-bond acceptors (Lipinski definition) is 4. The minimum atomic E-state index is 0.112. The summed E-state index contributed by atoms with van der Waals surface area (Å²) in [7, 11) is 0. The fourth-order valence-electron chi connectivity index (χ4n) is 2.61. The van der Waals surface area contributed by atoms with E-state index in [4.69, 9.17) is 17.3 Å². The summed E-state index contributed by atoms with van der Waals surface area (Å²) in [5.74, 6) is 0.764. The first-order chi connectivity index (χ1) is 8.77. The number of halogens is 1. The molecule has 0 unspecified atom stereocenters. The molecule has 100 valence electrons. The summed E-state index contributed by atoms with van der Waals surface area (Å²) in [6, 6.07) is 2.28. The van der Waals surface area contributed by atoms with E-state index in [0.717, 1.165) is 24.2 Å². The van der Waals surface area contributed by atoms with Crippen molar-refractivity contribution >= 4 is 17.4 Å². The van der Waals surface area contributed by atoms with Gasteiger partial charge >= 0.3 is 0 Å². The molecule has 1 saturated carbocycles. The van der Waals surface area contributed by atoms with Crippen LogP contribution in [0, 0.1) is 0 Å². The number of hydrogen-bond donors (Lipinski definition) is 2. The summed E-state index contributed by atoms with van der Waals surface area (Å²) >= 11 is 6.35. The lowest BCUT2D eigenvalue weighted by atomic mass is 10.2. The molecule has 0 saturated heterocycles. The van der Waals surface area contributed by atoms with Gasteiger partial charge < -0.3 is 15.7 Å². The van der Waals surface area contributed by atoms with Crippen LogP contribution in [-0.2, 0) is 6.54 Å². The Morgan fingerprint density at radius 2 is 2.17 bits per heavy atom. The third kappa shape index (κ3) is 2.76.